The average Bonchev–Trinajstić information content (AvgIpc) is 2.85. The number of carboxylic acids is 1. The van der Waals surface area contributed by atoms with E-state index in [4.69, 9.17) is 9.47 Å². The van der Waals surface area contributed by atoms with Gasteiger partial charge < -0.3 is 24.4 Å². The average molecular weight is 469 g/mol. The summed E-state index contributed by atoms with van der Waals surface area (Å²) in [6, 6.07) is 13.0. The van der Waals surface area contributed by atoms with Gasteiger partial charge in [-0.3, -0.25) is 4.79 Å². The number of nitrogens with zero attached hydrogens (tertiary/aromatic N) is 2. The number of ether oxygens (including phenoxy) is 2. The molecule has 1 atom stereocenters. The lowest BCUT2D eigenvalue weighted by atomic mass is 9.94. The van der Waals surface area contributed by atoms with Crippen LogP contribution >= 0.6 is 0 Å². The van der Waals surface area contributed by atoms with Crippen LogP contribution in [0.25, 0.3) is 0 Å². The number of carbonyl (C=O) groups is 2. The molecule has 0 radical (unpaired) electrons. The second kappa shape index (κ2) is 12.4. The number of aromatic carboxylic acids is 1. The number of carbonyl (C=O) groups excluding carboxylic acids is 1. The molecule has 0 aliphatic carbocycles. The van der Waals surface area contributed by atoms with Crippen molar-refractivity contribution in [2.45, 2.75) is 39.7 Å². The highest BCUT2D eigenvalue weighted by molar-refractivity contribution is 5.90. The maximum atomic E-state index is 13.2. The number of morpholine rings is 1. The third-order valence-electron chi connectivity index (χ3n) is 6.25. The molecule has 2 aromatic carbocycles. The molecule has 1 aliphatic rings. The number of hydrogen-bond donors (Lipinski definition) is 1. The maximum Gasteiger partial charge on any atom is 0.335 e. The van der Waals surface area contributed by atoms with Crippen molar-refractivity contribution in [3.8, 4) is 5.75 Å². The molecule has 7 nitrogen and oxygen atoms in total. The van der Waals surface area contributed by atoms with Crippen LogP contribution in [0, 0.1) is 5.92 Å². The third kappa shape index (κ3) is 6.97. The van der Waals surface area contributed by atoms with E-state index in [2.05, 4.69) is 13.8 Å². The molecular weight excluding hydrogens is 432 g/mol. The zero-order valence-electron chi connectivity index (χ0n) is 20.5. The van der Waals surface area contributed by atoms with Gasteiger partial charge in [0.05, 0.1) is 32.4 Å². The summed E-state index contributed by atoms with van der Waals surface area (Å²) in [5.41, 5.74) is 3.11. The van der Waals surface area contributed by atoms with E-state index in [0.29, 0.717) is 38.8 Å². The van der Waals surface area contributed by atoms with Crippen LogP contribution < -0.4 is 9.64 Å². The third-order valence-corrected chi connectivity index (χ3v) is 6.25. The van der Waals surface area contributed by atoms with Gasteiger partial charge in [-0.2, -0.15) is 0 Å². The molecule has 0 spiro atoms. The first kappa shape index (κ1) is 25.6. The Bertz CT molecular complexity index is 954. The van der Waals surface area contributed by atoms with Crippen molar-refractivity contribution >= 4 is 17.6 Å². The smallest absolute Gasteiger partial charge is 0.335 e. The maximum absolute atomic E-state index is 13.2. The molecule has 0 aromatic heterocycles. The van der Waals surface area contributed by atoms with Crippen molar-refractivity contribution < 1.29 is 24.2 Å². The van der Waals surface area contributed by atoms with Crippen molar-refractivity contribution in [3.05, 3.63) is 59.2 Å². The van der Waals surface area contributed by atoms with Crippen molar-refractivity contribution in [1.82, 2.24) is 4.90 Å². The van der Waals surface area contributed by atoms with Crippen molar-refractivity contribution in [2.24, 2.45) is 5.92 Å². The van der Waals surface area contributed by atoms with Gasteiger partial charge >= 0.3 is 5.97 Å². The SMILES string of the molecule is CCCC(C)Cc1ccc(C(=O)O)cc1N(CC(=O)N1CCOCC1)Cc1ccc(OC)cc1. The van der Waals surface area contributed by atoms with Crippen molar-refractivity contribution in [3.63, 3.8) is 0 Å². The van der Waals surface area contributed by atoms with Crippen LogP contribution in [-0.4, -0.2) is 61.8 Å². The molecule has 1 N–H and O–H groups in total. The Kier molecular flexibility index (Phi) is 9.33. The first-order chi connectivity index (χ1) is 16.4. The molecule has 184 valence electrons. The number of hydrogen-bond acceptors (Lipinski definition) is 5. The summed E-state index contributed by atoms with van der Waals surface area (Å²) in [6.45, 7) is 7.27. The van der Waals surface area contributed by atoms with Crippen LogP contribution in [-0.2, 0) is 22.5 Å². The van der Waals surface area contributed by atoms with E-state index in [-0.39, 0.29) is 18.0 Å². The van der Waals surface area contributed by atoms with Crippen molar-refractivity contribution in [1.29, 1.82) is 0 Å². The molecule has 1 heterocycles. The minimum Gasteiger partial charge on any atom is -0.497 e. The van der Waals surface area contributed by atoms with Crippen LogP contribution in [0.5, 0.6) is 5.75 Å². The molecule has 1 unspecified atom stereocenters. The number of rotatable bonds is 11. The number of methoxy groups -OCH3 is 1. The zero-order valence-corrected chi connectivity index (χ0v) is 20.5. The molecule has 1 aliphatic heterocycles. The molecule has 0 bridgehead atoms. The van der Waals surface area contributed by atoms with Gasteiger partial charge in [-0.25, -0.2) is 4.79 Å². The number of amides is 1. The van der Waals surface area contributed by atoms with Gasteiger partial charge in [-0.1, -0.05) is 44.9 Å². The van der Waals surface area contributed by atoms with Gasteiger partial charge in [-0.05, 0) is 47.7 Å². The summed E-state index contributed by atoms with van der Waals surface area (Å²) < 4.78 is 10.7. The lowest BCUT2D eigenvalue weighted by Crippen LogP contribution is -2.46. The normalized spacial score (nSPS) is 14.5. The standard InChI is InChI=1S/C27H36N2O5/c1-4-5-20(2)16-22-8-9-23(27(31)32)17-25(22)29(18-21-6-10-24(33-3)11-7-21)19-26(30)28-12-14-34-15-13-28/h6-11,17,20H,4-5,12-16,18-19H2,1-3H3,(H,31,32). The van der Waals surface area contributed by atoms with Crippen LogP contribution in [0.3, 0.4) is 0 Å². The lowest BCUT2D eigenvalue weighted by Gasteiger charge is -2.32. The highest BCUT2D eigenvalue weighted by atomic mass is 16.5. The summed E-state index contributed by atoms with van der Waals surface area (Å²) in [6.07, 6.45) is 3.01. The van der Waals surface area contributed by atoms with Gasteiger partial charge in [0.15, 0.2) is 0 Å². The van der Waals surface area contributed by atoms with Crippen LogP contribution in [0.4, 0.5) is 5.69 Å². The molecule has 3 rings (SSSR count). The van der Waals surface area contributed by atoms with Crippen LogP contribution in [0.15, 0.2) is 42.5 Å². The topological polar surface area (TPSA) is 79.3 Å². The second-order valence-corrected chi connectivity index (χ2v) is 8.94. The Hall–Kier alpha value is -3.06. The quantitative estimate of drug-likeness (QED) is 0.532. The minimum atomic E-state index is -0.974. The van der Waals surface area contributed by atoms with E-state index in [1.165, 1.54) is 0 Å². The highest BCUT2D eigenvalue weighted by Crippen LogP contribution is 2.28. The van der Waals surface area contributed by atoms with Crippen LogP contribution in [0.2, 0.25) is 0 Å². The Morgan fingerprint density at radius 3 is 2.47 bits per heavy atom. The monoisotopic (exact) mass is 468 g/mol. The summed E-state index contributed by atoms with van der Waals surface area (Å²) in [7, 11) is 1.63. The highest BCUT2D eigenvalue weighted by Gasteiger charge is 2.23. The number of benzene rings is 2. The van der Waals surface area contributed by atoms with Crippen molar-refractivity contribution in [2.75, 3.05) is 44.9 Å². The van der Waals surface area contributed by atoms with E-state index in [0.717, 1.165) is 41.8 Å². The van der Waals surface area contributed by atoms with E-state index in [1.54, 1.807) is 19.2 Å². The van der Waals surface area contributed by atoms with E-state index < -0.39 is 5.97 Å². The van der Waals surface area contributed by atoms with Gasteiger partial charge in [0, 0.05) is 25.3 Å². The summed E-state index contributed by atoms with van der Waals surface area (Å²) in [4.78, 5) is 28.8. The van der Waals surface area contributed by atoms with E-state index in [9.17, 15) is 14.7 Å². The fourth-order valence-corrected chi connectivity index (χ4v) is 4.39. The largest absolute Gasteiger partial charge is 0.497 e. The second-order valence-electron chi connectivity index (χ2n) is 8.94. The van der Waals surface area contributed by atoms with Gasteiger partial charge in [0.25, 0.3) is 0 Å². The molecular formula is C27H36N2O5. The minimum absolute atomic E-state index is 0.0186. The summed E-state index contributed by atoms with van der Waals surface area (Å²) in [5.74, 6) is 0.266. The molecule has 2 aromatic rings. The Morgan fingerprint density at radius 1 is 1.15 bits per heavy atom. The molecule has 7 heteroatoms. The lowest BCUT2D eigenvalue weighted by molar-refractivity contribution is -0.133. The summed E-state index contributed by atoms with van der Waals surface area (Å²) in [5, 5.41) is 9.66. The van der Waals surface area contributed by atoms with Gasteiger partial charge in [0.1, 0.15) is 5.75 Å². The number of carboxylic acid groups (broad SMARTS) is 1. The predicted molar refractivity (Wildman–Crippen MR) is 133 cm³/mol. The molecule has 0 saturated carbocycles. The Balaban J connectivity index is 1.96. The fourth-order valence-electron chi connectivity index (χ4n) is 4.39. The Morgan fingerprint density at radius 2 is 1.85 bits per heavy atom. The molecule has 1 amide bonds. The predicted octanol–water partition coefficient (Wildman–Crippen LogP) is 4.24. The Labute approximate surface area is 202 Å². The van der Waals surface area contributed by atoms with E-state index >= 15 is 0 Å². The summed E-state index contributed by atoms with van der Waals surface area (Å²) >= 11 is 0. The first-order valence-electron chi connectivity index (χ1n) is 12.0. The van der Waals surface area contributed by atoms with Crippen LogP contribution in [0.1, 0.15) is 48.2 Å². The fraction of sp³-hybridized carbons (Fsp3) is 0.481. The molecule has 1 saturated heterocycles. The van der Waals surface area contributed by atoms with Gasteiger partial charge in [-0.15, -0.1) is 0 Å². The van der Waals surface area contributed by atoms with E-state index in [1.807, 2.05) is 40.1 Å². The van der Waals surface area contributed by atoms with Gasteiger partial charge in [0.2, 0.25) is 5.91 Å². The zero-order chi connectivity index (χ0) is 24.5. The first-order valence-corrected chi connectivity index (χ1v) is 12.0. The molecule has 34 heavy (non-hydrogen) atoms. The molecule has 1 fully saturated rings. The number of anilines is 1.